The van der Waals surface area contributed by atoms with Crippen LogP contribution in [0.1, 0.15) is 62.2 Å². The molecule has 2 heterocycles. The molecule has 0 bridgehead atoms. The van der Waals surface area contributed by atoms with E-state index in [0.717, 1.165) is 41.1 Å². The van der Waals surface area contributed by atoms with E-state index in [1.54, 1.807) is 33.6 Å². The molecular formula is C36H41N5O3S. The largest absolute Gasteiger partial charge is 0.346 e. The van der Waals surface area contributed by atoms with Crippen molar-refractivity contribution in [1.29, 1.82) is 0 Å². The second kappa shape index (κ2) is 13.6. The Morgan fingerprint density at radius 1 is 0.800 bits per heavy atom. The molecular weight excluding hydrogens is 582 g/mol. The molecule has 8 nitrogen and oxygen atoms in total. The number of anilines is 1. The van der Waals surface area contributed by atoms with Crippen LogP contribution >= 0.6 is 0 Å². The first-order chi connectivity index (χ1) is 21.5. The number of aryl methyl sites for hydroxylation is 2. The Bertz CT molecular complexity index is 1870. The minimum Gasteiger partial charge on any atom is -0.282 e. The van der Waals surface area contributed by atoms with E-state index in [2.05, 4.69) is 66.9 Å². The van der Waals surface area contributed by atoms with Gasteiger partial charge in [-0.15, -0.1) is 0 Å². The second-order valence-corrected chi connectivity index (χ2v) is 14.1. The number of pyridine rings is 1. The maximum atomic E-state index is 13.0. The lowest BCUT2D eigenvalue weighted by atomic mass is 9.87. The van der Waals surface area contributed by atoms with Crippen LogP contribution in [0.2, 0.25) is 0 Å². The van der Waals surface area contributed by atoms with E-state index in [9.17, 15) is 13.2 Å². The van der Waals surface area contributed by atoms with Gasteiger partial charge in [-0.2, -0.15) is 5.10 Å². The first-order valence-corrected chi connectivity index (χ1v) is 17.0. The highest BCUT2D eigenvalue weighted by Gasteiger charge is 2.16. The fourth-order valence-electron chi connectivity index (χ4n) is 5.30. The summed E-state index contributed by atoms with van der Waals surface area (Å²) in [5.74, 6) is 0.718. The summed E-state index contributed by atoms with van der Waals surface area (Å²) < 4.78 is 31.0. The summed E-state index contributed by atoms with van der Waals surface area (Å²) in [5, 5.41) is 4.70. The van der Waals surface area contributed by atoms with Crippen molar-refractivity contribution < 1.29 is 8.42 Å². The van der Waals surface area contributed by atoms with Gasteiger partial charge >= 0.3 is 5.69 Å². The van der Waals surface area contributed by atoms with Crippen LogP contribution in [-0.2, 0) is 47.1 Å². The first-order valence-electron chi connectivity index (χ1n) is 15.4. The van der Waals surface area contributed by atoms with Gasteiger partial charge in [-0.05, 0) is 59.6 Å². The van der Waals surface area contributed by atoms with Crippen molar-refractivity contribution in [3.8, 4) is 11.3 Å². The van der Waals surface area contributed by atoms with Gasteiger partial charge in [0, 0.05) is 18.5 Å². The van der Waals surface area contributed by atoms with Gasteiger partial charge in [-0.1, -0.05) is 99.6 Å². The Hall–Kier alpha value is -4.50. The predicted molar refractivity (Wildman–Crippen MR) is 181 cm³/mol. The minimum atomic E-state index is -3.54. The van der Waals surface area contributed by atoms with Crippen molar-refractivity contribution in [2.45, 2.75) is 71.2 Å². The zero-order valence-corrected chi connectivity index (χ0v) is 27.2. The van der Waals surface area contributed by atoms with Gasteiger partial charge < -0.3 is 0 Å². The molecule has 5 aromatic rings. The van der Waals surface area contributed by atoms with Crippen molar-refractivity contribution in [3.05, 3.63) is 136 Å². The molecule has 0 unspecified atom stereocenters. The summed E-state index contributed by atoms with van der Waals surface area (Å²) >= 11 is 0. The van der Waals surface area contributed by atoms with Crippen LogP contribution in [0.25, 0.3) is 11.3 Å². The molecule has 0 aliphatic heterocycles. The lowest BCUT2D eigenvalue weighted by Crippen LogP contribution is -2.25. The van der Waals surface area contributed by atoms with Crippen LogP contribution in [0.15, 0.2) is 102 Å². The normalized spacial score (nSPS) is 11.9. The number of nitrogens with one attached hydrogen (secondary N) is 1. The van der Waals surface area contributed by atoms with E-state index in [-0.39, 0.29) is 16.9 Å². The van der Waals surface area contributed by atoms with E-state index in [0.29, 0.717) is 25.2 Å². The summed E-state index contributed by atoms with van der Waals surface area (Å²) in [6.45, 7) is 9.60. The topological polar surface area (TPSA) is 98.9 Å². The molecule has 0 saturated carbocycles. The maximum absolute atomic E-state index is 13.0. The molecule has 1 N–H and O–H groups in total. The number of hydrogen-bond acceptors (Lipinski definition) is 5. The lowest BCUT2D eigenvalue weighted by molar-refractivity contribution is 0.588. The lowest BCUT2D eigenvalue weighted by Gasteiger charge is -2.19. The molecule has 45 heavy (non-hydrogen) atoms. The van der Waals surface area contributed by atoms with E-state index >= 15 is 0 Å². The molecule has 0 amide bonds. The van der Waals surface area contributed by atoms with Gasteiger partial charge in [-0.3, -0.25) is 14.3 Å². The molecule has 0 aliphatic carbocycles. The number of rotatable bonds is 12. The second-order valence-electron chi connectivity index (χ2n) is 12.4. The highest BCUT2D eigenvalue weighted by atomic mass is 32.2. The van der Waals surface area contributed by atoms with Crippen LogP contribution in [-0.4, -0.2) is 27.7 Å². The van der Waals surface area contributed by atoms with Gasteiger partial charge in [0.2, 0.25) is 10.0 Å². The SMILES string of the molecule is CCn1c(CCCc2ccc(-c3ccc(NS(=O)(=O)Cc4ccccc4)cn3)cc2)nn(Cc2ccc(C(C)(C)C)cc2)c1=O. The fraction of sp³-hybridized carbons (Fsp3) is 0.306. The van der Waals surface area contributed by atoms with Crippen LogP contribution in [0.5, 0.6) is 0 Å². The summed E-state index contributed by atoms with van der Waals surface area (Å²) in [6.07, 6.45) is 3.98. The third kappa shape index (κ3) is 8.36. The smallest absolute Gasteiger partial charge is 0.282 e. The van der Waals surface area contributed by atoms with Crippen LogP contribution < -0.4 is 10.4 Å². The van der Waals surface area contributed by atoms with Crippen molar-refractivity contribution in [2.75, 3.05) is 4.72 Å². The predicted octanol–water partition coefficient (Wildman–Crippen LogP) is 6.59. The van der Waals surface area contributed by atoms with E-state index in [1.807, 2.05) is 43.3 Å². The number of sulfonamides is 1. The van der Waals surface area contributed by atoms with Gasteiger partial charge in [-0.25, -0.2) is 17.9 Å². The Kier molecular flexibility index (Phi) is 9.68. The monoisotopic (exact) mass is 623 g/mol. The summed E-state index contributed by atoms with van der Waals surface area (Å²) in [5.41, 5.74) is 6.39. The van der Waals surface area contributed by atoms with Crippen LogP contribution in [0.4, 0.5) is 5.69 Å². The highest BCUT2D eigenvalue weighted by Crippen LogP contribution is 2.23. The Morgan fingerprint density at radius 2 is 1.49 bits per heavy atom. The third-order valence-electron chi connectivity index (χ3n) is 7.82. The molecule has 2 aromatic heterocycles. The van der Waals surface area contributed by atoms with Gasteiger partial charge in [0.15, 0.2) is 0 Å². The average molecular weight is 624 g/mol. The molecule has 0 radical (unpaired) electrons. The van der Waals surface area contributed by atoms with E-state index < -0.39 is 10.0 Å². The summed E-state index contributed by atoms with van der Waals surface area (Å²) in [4.78, 5) is 17.5. The van der Waals surface area contributed by atoms with Gasteiger partial charge in [0.1, 0.15) is 5.82 Å². The number of nitrogens with zero attached hydrogens (tertiary/aromatic N) is 4. The van der Waals surface area contributed by atoms with Crippen molar-refractivity contribution in [2.24, 2.45) is 0 Å². The average Bonchev–Trinajstić information content (AvgIpc) is 3.31. The van der Waals surface area contributed by atoms with Crippen LogP contribution in [0, 0.1) is 0 Å². The van der Waals surface area contributed by atoms with Crippen LogP contribution in [0.3, 0.4) is 0 Å². The first kappa shape index (κ1) is 31.9. The Morgan fingerprint density at radius 3 is 2.11 bits per heavy atom. The minimum absolute atomic E-state index is 0.0701. The standard InChI is InChI=1S/C36H41N5O3S/c1-5-40-34(38-41(35(40)42)25-28-16-20-31(21-17-28)36(2,3)4)13-9-12-27-14-18-30(19-15-27)33-23-22-32(24-37-33)39-45(43,44)26-29-10-7-6-8-11-29/h6-8,10-11,14-24,39H,5,9,12-13,25-26H2,1-4H3. The van der Waals surface area contributed by atoms with Gasteiger partial charge in [0.25, 0.3) is 0 Å². The summed E-state index contributed by atoms with van der Waals surface area (Å²) in [7, 11) is -3.54. The van der Waals surface area contributed by atoms with E-state index in [4.69, 9.17) is 5.10 Å². The molecule has 0 atom stereocenters. The molecule has 9 heteroatoms. The Labute approximate surface area is 265 Å². The number of aromatic nitrogens is 4. The molecule has 0 saturated heterocycles. The molecule has 5 rings (SSSR count). The highest BCUT2D eigenvalue weighted by molar-refractivity contribution is 7.91. The fourth-order valence-corrected chi connectivity index (χ4v) is 6.49. The van der Waals surface area contributed by atoms with E-state index in [1.165, 1.54) is 11.1 Å². The van der Waals surface area contributed by atoms with Gasteiger partial charge in [0.05, 0.1) is 29.9 Å². The number of benzene rings is 3. The zero-order valence-electron chi connectivity index (χ0n) is 26.4. The molecule has 0 aliphatic rings. The number of hydrogen-bond donors (Lipinski definition) is 1. The van der Waals surface area contributed by atoms with Crippen molar-refractivity contribution >= 4 is 15.7 Å². The van der Waals surface area contributed by atoms with Crippen molar-refractivity contribution in [3.63, 3.8) is 0 Å². The molecule has 3 aromatic carbocycles. The Balaban J connectivity index is 1.16. The third-order valence-corrected chi connectivity index (χ3v) is 9.08. The molecule has 234 valence electrons. The summed E-state index contributed by atoms with van der Waals surface area (Å²) in [6, 6.07) is 29.3. The maximum Gasteiger partial charge on any atom is 0.346 e. The molecule has 0 fully saturated rings. The van der Waals surface area contributed by atoms with Crippen molar-refractivity contribution in [1.82, 2.24) is 19.3 Å². The quantitative estimate of drug-likeness (QED) is 0.169. The zero-order chi connectivity index (χ0) is 32.0. The molecule has 0 spiro atoms.